The normalized spacial score (nSPS) is 13.3. The van der Waals surface area contributed by atoms with E-state index in [1.54, 1.807) is 7.05 Å². The highest BCUT2D eigenvalue weighted by Crippen LogP contribution is 2.14. The van der Waals surface area contributed by atoms with E-state index in [-0.39, 0.29) is 29.3 Å². The number of carbonyl (C=O) groups excluding carboxylic acids is 2. The minimum atomic E-state index is -3.83. The van der Waals surface area contributed by atoms with Gasteiger partial charge >= 0.3 is 0 Å². The molecule has 0 aliphatic rings. The second kappa shape index (κ2) is 10.3. The minimum Gasteiger partial charge on any atom is -0.353 e. The van der Waals surface area contributed by atoms with Crippen LogP contribution in [0.25, 0.3) is 0 Å². The number of halogens is 1. The van der Waals surface area contributed by atoms with Crippen LogP contribution in [0.1, 0.15) is 20.8 Å². The van der Waals surface area contributed by atoms with Gasteiger partial charge in [-0.25, -0.2) is 8.42 Å². The van der Waals surface area contributed by atoms with Gasteiger partial charge < -0.3 is 16.0 Å². The molecule has 1 rings (SSSR count). The molecular formula is C15H25ClN4O4S. The van der Waals surface area contributed by atoms with Crippen LogP contribution in [0.2, 0.25) is 0 Å². The summed E-state index contributed by atoms with van der Waals surface area (Å²) in [5, 5.41) is 8.18. The fourth-order valence-corrected chi connectivity index (χ4v) is 2.99. The zero-order valence-corrected chi connectivity index (χ0v) is 16.3. The number of likely N-dealkylation sites (N-methyl/N-ethyl adjacent to an activating group) is 1. The Balaban J connectivity index is 0.00000576. The van der Waals surface area contributed by atoms with E-state index in [9.17, 15) is 18.0 Å². The van der Waals surface area contributed by atoms with Crippen molar-refractivity contribution in [2.45, 2.75) is 37.8 Å². The van der Waals surface area contributed by atoms with Gasteiger partial charge in [0.2, 0.25) is 21.8 Å². The first kappa shape index (κ1) is 23.3. The highest BCUT2D eigenvalue weighted by molar-refractivity contribution is 7.89. The quantitative estimate of drug-likeness (QED) is 0.512. The Morgan fingerprint density at radius 1 is 1.12 bits per heavy atom. The predicted molar refractivity (Wildman–Crippen MR) is 99.3 cm³/mol. The van der Waals surface area contributed by atoms with Crippen LogP contribution in [0.5, 0.6) is 0 Å². The van der Waals surface area contributed by atoms with Gasteiger partial charge in [-0.05, 0) is 45.2 Å². The second-order valence-electron chi connectivity index (χ2n) is 5.48. The molecule has 0 heterocycles. The molecule has 10 heteroatoms. The Hall–Kier alpha value is -1.68. The van der Waals surface area contributed by atoms with E-state index in [2.05, 4.69) is 20.7 Å². The van der Waals surface area contributed by atoms with Crippen molar-refractivity contribution in [1.29, 1.82) is 0 Å². The van der Waals surface area contributed by atoms with Gasteiger partial charge in [0, 0.05) is 25.2 Å². The molecule has 25 heavy (non-hydrogen) atoms. The molecule has 0 fully saturated rings. The topological polar surface area (TPSA) is 116 Å². The molecule has 0 aliphatic carbocycles. The van der Waals surface area contributed by atoms with Crippen molar-refractivity contribution in [3.8, 4) is 0 Å². The summed E-state index contributed by atoms with van der Waals surface area (Å²) in [6.07, 6.45) is 0. The Morgan fingerprint density at radius 2 is 1.68 bits per heavy atom. The number of hydrogen-bond donors (Lipinski definition) is 4. The number of nitrogens with one attached hydrogen (secondary N) is 4. The van der Waals surface area contributed by atoms with Crippen molar-refractivity contribution in [3.63, 3.8) is 0 Å². The molecule has 0 saturated heterocycles. The summed E-state index contributed by atoms with van der Waals surface area (Å²) in [4.78, 5) is 22.9. The first-order valence-corrected chi connectivity index (χ1v) is 8.99. The third-order valence-electron chi connectivity index (χ3n) is 3.29. The Morgan fingerprint density at radius 3 is 2.16 bits per heavy atom. The summed E-state index contributed by atoms with van der Waals surface area (Å²) >= 11 is 0. The van der Waals surface area contributed by atoms with Gasteiger partial charge in [-0.15, -0.1) is 12.4 Å². The van der Waals surface area contributed by atoms with Crippen LogP contribution in [0.3, 0.4) is 0 Å². The summed E-state index contributed by atoms with van der Waals surface area (Å²) in [6.45, 7) is 5.13. The van der Waals surface area contributed by atoms with Gasteiger partial charge in [0.1, 0.15) is 0 Å². The molecule has 1 aromatic carbocycles. The third-order valence-corrected chi connectivity index (χ3v) is 4.84. The van der Waals surface area contributed by atoms with Crippen molar-refractivity contribution in [2.75, 3.05) is 18.9 Å². The molecule has 0 aliphatic heterocycles. The van der Waals surface area contributed by atoms with E-state index >= 15 is 0 Å². The maximum atomic E-state index is 12.3. The lowest BCUT2D eigenvalue weighted by atomic mass is 10.3. The first-order valence-electron chi connectivity index (χ1n) is 7.50. The molecule has 2 amide bonds. The van der Waals surface area contributed by atoms with Crippen LogP contribution in [0.4, 0.5) is 5.69 Å². The molecule has 4 N–H and O–H groups in total. The summed E-state index contributed by atoms with van der Waals surface area (Å²) < 4.78 is 26.9. The smallest absolute Gasteiger partial charge is 0.241 e. The van der Waals surface area contributed by atoms with Crippen molar-refractivity contribution < 1.29 is 18.0 Å². The third kappa shape index (κ3) is 7.82. The zero-order valence-electron chi connectivity index (χ0n) is 14.6. The molecule has 8 nitrogen and oxygen atoms in total. The van der Waals surface area contributed by atoms with Crippen molar-refractivity contribution in [2.24, 2.45) is 0 Å². The van der Waals surface area contributed by atoms with E-state index < -0.39 is 22.0 Å². The molecule has 142 valence electrons. The number of sulfonamides is 1. The van der Waals surface area contributed by atoms with Crippen molar-refractivity contribution in [3.05, 3.63) is 24.3 Å². The predicted octanol–water partition coefficient (Wildman–Crippen LogP) is 0.458. The van der Waals surface area contributed by atoms with E-state index in [0.717, 1.165) is 0 Å². The lowest BCUT2D eigenvalue weighted by Crippen LogP contribution is -2.47. The molecule has 0 bridgehead atoms. The van der Waals surface area contributed by atoms with Crippen LogP contribution in [-0.2, 0) is 19.6 Å². The maximum Gasteiger partial charge on any atom is 0.241 e. The average Bonchev–Trinajstić information content (AvgIpc) is 2.51. The Bertz CT molecular complexity index is 679. The largest absolute Gasteiger partial charge is 0.353 e. The number of amides is 2. The van der Waals surface area contributed by atoms with E-state index in [4.69, 9.17) is 0 Å². The lowest BCUT2D eigenvalue weighted by Gasteiger charge is -2.16. The summed E-state index contributed by atoms with van der Waals surface area (Å²) in [6, 6.07) is 4.86. The first-order chi connectivity index (χ1) is 11.2. The van der Waals surface area contributed by atoms with Crippen LogP contribution in [0.15, 0.2) is 29.2 Å². The number of rotatable bonds is 8. The standard InChI is InChI=1S/C15H24N4O4S.ClH/c1-10(16-4)9-17-15(21)11(2)19-24(22,23)14-7-5-13(6-8-14)18-12(3)20;/h5-8,10-11,16,19H,9H2,1-4H3,(H,17,21)(H,18,20);1H. The highest BCUT2D eigenvalue weighted by Gasteiger charge is 2.22. The summed E-state index contributed by atoms with van der Waals surface area (Å²) in [7, 11) is -2.06. The minimum absolute atomic E-state index is 0. The number of hydrogen-bond acceptors (Lipinski definition) is 5. The van der Waals surface area contributed by atoms with Crippen molar-refractivity contribution >= 4 is 39.9 Å². The zero-order chi connectivity index (χ0) is 18.3. The van der Waals surface area contributed by atoms with Gasteiger partial charge in [0.15, 0.2) is 0 Å². The second-order valence-corrected chi connectivity index (χ2v) is 7.20. The summed E-state index contributed by atoms with van der Waals surface area (Å²) in [5.74, 6) is -0.652. The van der Waals surface area contributed by atoms with Crippen LogP contribution < -0.4 is 20.7 Å². The molecule has 0 spiro atoms. The molecule has 1 aromatic rings. The maximum absolute atomic E-state index is 12.3. The fourth-order valence-electron chi connectivity index (χ4n) is 1.78. The number of benzene rings is 1. The monoisotopic (exact) mass is 392 g/mol. The SMILES string of the molecule is CNC(C)CNC(=O)C(C)NS(=O)(=O)c1ccc(NC(C)=O)cc1.Cl. The lowest BCUT2D eigenvalue weighted by molar-refractivity contribution is -0.122. The number of carbonyl (C=O) groups is 2. The Labute approximate surface area is 154 Å². The van der Waals surface area contributed by atoms with Crippen LogP contribution in [-0.4, -0.2) is 45.9 Å². The molecule has 0 aromatic heterocycles. The van der Waals surface area contributed by atoms with Gasteiger partial charge in [-0.2, -0.15) is 4.72 Å². The van der Waals surface area contributed by atoms with E-state index in [0.29, 0.717) is 12.2 Å². The Kier molecular flexibility index (Phi) is 9.65. The summed E-state index contributed by atoms with van der Waals surface area (Å²) in [5.41, 5.74) is 0.494. The van der Waals surface area contributed by atoms with Crippen LogP contribution in [0, 0.1) is 0 Å². The number of anilines is 1. The molecule has 2 atom stereocenters. The molecule has 0 saturated carbocycles. The average molecular weight is 393 g/mol. The highest BCUT2D eigenvalue weighted by atomic mass is 35.5. The molecule has 2 unspecified atom stereocenters. The van der Waals surface area contributed by atoms with Gasteiger partial charge in [0.25, 0.3) is 0 Å². The van der Waals surface area contributed by atoms with E-state index in [1.807, 2.05) is 6.92 Å². The van der Waals surface area contributed by atoms with Crippen LogP contribution >= 0.6 is 12.4 Å². The van der Waals surface area contributed by atoms with Gasteiger partial charge in [-0.1, -0.05) is 0 Å². The van der Waals surface area contributed by atoms with Gasteiger partial charge in [0.05, 0.1) is 10.9 Å². The van der Waals surface area contributed by atoms with Gasteiger partial charge in [-0.3, -0.25) is 9.59 Å². The molecule has 0 radical (unpaired) electrons. The van der Waals surface area contributed by atoms with E-state index in [1.165, 1.54) is 38.1 Å². The fraction of sp³-hybridized carbons (Fsp3) is 0.467. The molecular weight excluding hydrogens is 368 g/mol. The van der Waals surface area contributed by atoms with Crippen molar-refractivity contribution in [1.82, 2.24) is 15.4 Å².